The van der Waals surface area contributed by atoms with Crippen LogP contribution >= 0.6 is 11.3 Å². The Labute approximate surface area is 200 Å². The second-order valence-corrected chi connectivity index (χ2v) is 9.99. The first-order chi connectivity index (χ1) is 16.3. The first-order valence-corrected chi connectivity index (χ1v) is 12.5. The van der Waals surface area contributed by atoms with Crippen LogP contribution in [0, 0.1) is 5.82 Å². The van der Waals surface area contributed by atoms with Crippen LogP contribution in [-0.4, -0.2) is 64.1 Å². The number of benzene rings is 2. The first-order valence-electron chi connectivity index (χ1n) is 10.2. The van der Waals surface area contributed by atoms with Crippen LogP contribution in [0.25, 0.3) is 11.3 Å². The summed E-state index contributed by atoms with van der Waals surface area (Å²) in [7, 11) is -1.14. The highest BCUT2D eigenvalue weighted by molar-refractivity contribution is 7.89. The summed E-state index contributed by atoms with van der Waals surface area (Å²) in [6, 6.07) is 8.65. The number of nitrogens with zero attached hydrogens (tertiary/aromatic N) is 2. The largest absolute Gasteiger partial charge is 0.495 e. The van der Waals surface area contributed by atoms with Gasteiger partial charge in [0.25, 0.3) is 5.91 Å². The monoisotopic (exact) mass is 507 g/mol. The Morgan fingerprint density at radius 2 is 1.82 bits per heavy atom. The molecule has 0 atom stereocenters. The van der Waals surface area contributed by atoms with E-state index in [1.807, 2.05) is 0 Å². The smallest absolute Gasteiger partial charge is 0.257 e. The molecule has 2 heterocycles. The van der Waals surface area contributed by atoms with Crippen molar-refractivity contribution >= 4 is 32.4 Å². The number of nitrogens with one attached hydrogen (secondary N) is 1. The predicted octanol–water partition coefficient (Wildman–Crippen LogP) is 3.24. The van der Waals surface area contributed by atoms with Gasteiger partial charge in [0.05, 0.1) is 33.1 Å². The molecule has 4 rings (SSSR count). The molecule has 0 saturated carbocycles. The third-order valence-electron chi connectivity index (χ3n) is 5.19. The number of anilines is 1. The number of carbonyl (C=O) groups excluding carboxylic acids is 1. The van der Waals surface area contributed by atoms with E-state index in [2.05, 4.69) is 10.3 Å². The van der Waals surface area contributed by atoms with Gasteiger partial charge < -0.3 is 14.2 Å². The molecule has 1 fully saturated rings. The summed E-state index contributed by atoms with van der Waals surface area (Å²) in [5.74, 6) is -0.801. The lowest BCUT2D eigenvalue weighted by molar-refractivity contribution is 0.0729. The molecule has 1 aromatic heterocycles. The number of aromatic nitrogens is 1. The van der Waals surface area contributed by atoms with Crippen LogP contribution in [-0.2, 0) is 14.8 Å². The molecule has 1 aliphatic rings. The van der Waals surface area contributed by atoms with E-state index in [4.69, 9.17) is 14.2 Å². The zero-order valence-electron chi connectivity index (χ0n) is 18.4. The molecule has 1 N–H and O–H groups in total. The molecule has 0 aliphatic carbocycles. The van der Waals surface area contributed by atoms with Crippen LogP contribution in [0.5, 0.6) is 11.5 Å². The van der Waals surface area contributed by atoms with Crippen LogP contribution in [0.4, 0.5) is 9.52 Å². The summed E-state index contributed by atoms with van der Waals surface area (Å²) >= 11 is 1.16. The van der Waals surface area contributed by atoms with Gasteiger partial charge in [0.1, 0.15) is 10.6 Å². The predicted molar refractivity (Wildman–Crippen MR) is 125 cm³/mol. The van der Waals surface area contributed by atoms with Crippen LogP contribution in [0.3, 0.4) is 0 Å². The number of rotatable bonds is 7. The van der Waals surface area contributed by atoms with Gasteiger partial charge in [-0.3, -0.25) is 10.1 Å². The number of morpholine rings is 1. The van der Waals surface area contributed by atoms with Gasteiger partial charge >= 0.3 is 0 Å². The summed E-state index contributed by atoms with van der Waals surface area (Å²) in [6.45, 7) is 1.03. The SMILES string of the molecule is COc1ccc(-c2csc(NC(=O)c3ccc(OC)c(S(=O)(=O)N4CCOCC4)c3)n2)cc1F. The Kier molecular flexibility index (Phi) is 7.12. The fourth-order valence-corrected chi connectivity index (χ4v) is 5.71. The summed E-state index contributed by atoms with van der Waals surface area (Å²) in [5.41, 5.74) is 1.13. The van der Waals surface area contributed by atoms with Crippen LogP contribution in [0.15, 0.2) is 46.7 Å². The minimum Gasteiger partial charge on any atom is -0.495 e. The highest BCUT2D eigenvalue weighted by Crippen LogP contribution is 2.31. The van der Waals surface area contributed by atoms with Crippen molar-refractivity contribution in [2.45, 2.75) is 4.90 Å². The third-order valence-corrected chi connectivity index (χ3v) is 7.86. The van der Waals surface area contributed by atoms with E-state index in [1.54, 1.807) is 11.4 Å². The molecule has 1 saturated heterocycles. The number of methoxy groups -OCH3 is 2. The summed E-state index contributed by atoms with van der Waals surface area (Å²) < 4.78 is 57.0. The van der Waals surface area contributed by atoms with Gasteiger partial charge in [-0.1, -0.05) is 0 Å². The molecule has 9 nitrogen and oxygen atoms in total. The van der Waals surface area contributed by atoms with Crippen LogP contribution < -0.4 is 14.8 Å². The maximum absolute atomic E-state index is 14.0. The summed E-state index contributed by atoms with van der Waals surface area (Å²) in [6.07, 6.45) is 0. The fraction of sp³-hybridized carbons (Fsp3) is 0.273. The lowest BCUT2D eigenvalue weighted by Gasteiger charge is -2.26. The maximum atomic E-state index is 14.0. The van der Waals surface area contributed by atoms with Crippen molar-refractivity contribution in [1.29, 1.82) is 0 Å². The number of ether oxygens (including phenoxy) is 3. The van der Waals surface area contributed by atoms with Gasteiger partial charge in [0, 0.05) is 29.6 Å². The maximum Gasteiger partial charge on any atom is 0.257 e. The zero-order valence-corrected chi connectivity index (χ0v) is 20.0. The molecule has 0 unspecified atom stereocenters. The molecule has 1 amide bonds. The minimum absolute atomic E-state index is 0.0990. The third kappa shape index (κ3) is 4.89. The molecule has 2 aromatic carbocycles. The lowest BCUT2D eigenvalue weighted by Crippen LogP contribution is -2.40. The minimum atomic E-state index is -3.89. The van der Waals surface area contributed by atoms with E-state index >= 15 is 0 Å². The zero-order chi connectivity index (χ0) is 24.3. The number of sulfonamides is 1. The number of carbonyl (C=O) groups is 1. The van der Waals surface area contributed by atoms with E-state index in [0.29, 0.717) is 24.5 Å². The van der Waals surface area contributed by atoms with Gasteiger partial charge in [-0.15, -0.1) is 11.3 Å². The van der Waals surface area contributed by atoms with Gasteiger partial charge in [-0.2, -0.15) is 4.31 Å². The number of thiazole rings is 1. The highest BCUT2D eigenvalue weighted by atomic mass is 32.2. The molecular weight excluding hydrogens is 485 g/mol. The van der Waals surface area contributed by atoms with Crippen molar-refractivity contribution in [3.05, 3.63) is 53.2 Å². The Hall–Kier alpha value is -3.06. The van der Waals surface area contributed by atoms with E-state index in [-0.39, 0.29) is 40.2 Å². The Morgan fingerprint density at radius 3 is 2.50 bits per heavy atom. The lowest BCUT2D eigenvalue weighted by atomic mass is 10.1. The normalized spacial score (nSPS) is 14.6. The molecule has 34 heavy (non-hydrogen) atoms. The Bertz CT molecular complexity index is 1310. The van der Waals surface area contributed by atoms with Crippen molar-refractivity contribution in [1.82, 2.24) is 9.29 Å². The van der Waals surface area contributed by atoms with Crippen molar-refractivity contribution in [2.75, 3.05) is 45.8 Å². The molecule has 3 aromatic rings. The second kappa shape index (κ2) is 10.1. The van der Waals surface area contributed by atoms with Gasteiger partial charge in [0.2, 0.25) is 10.0 Å². The number of amides is 1. The average molecular weight is 508 g/mol. The average Bonchev–Trinajstić information content (AvgIpc) is 3.32. The number of hydrogen-bond donors (Lipinski definition) is 1. The van der Waals surface area contributed by atoms with Crippen molar-refractivity contribution < 1.29 is 31.8 Å². The van der Waals surface area contributed by atoms with Crippen molar-refractivity contribution in [2.24, 2.45) is 0 Å². The van der Waals surface area contributed by atoms with E-state index < -0.39 is 21.7 Å². The standard InChI is InChI=1S/C22H22FN3O6S2/c1-30-18-5-3-14(11-16(18)23)17-13-33-22(24-17)25-21(27)15-4-6-19(31-2)20(12-15)34(28,29)26-7-9-32-10-8-26/h3-6,11-13H,7-10H2,1-2H3,(H,24,25,27). The first kappa shape index (κ1) is 24.1. The topological polar surface area (TPSA) is 107 Å². The number of halogens is 1. The highest BCUT2D eigenvalue weighted by Gasteiger charge is 2.30. The van der Waals surface area contributed by atoms with Crippen molar-refractivity contribution in [3.8, 4) is 22.8 Å². The summed E-state index contributed by atoms with van der Waals surface area (Å²) in [4.78, 5) is 17.1. The quantitative estimate of drug-likeness (QED) is 0.523. The van der Waals surface area contributed by atoms with Crippen LogP contribution in [0.1, 0.15) is 10.4 Å². The van der Waals surface area contributed by atoms with Crippen molar-refractivity contribution in [3.63, 3.8) is 0 Å². The molecular formula is C22H22FN3O6S2. The molecule has 0 bridgehead atoms. The van der Waals surface area contributed by atoms with E-state index in [0.717, 1.165) is 11.3 Å². The molecule has 12 heteroatoms. The fourth-order valence-electron chi connectivity index (χ4n) is 3.40. The van der Waals surface area contributed by atoms with Gasteiger partial charge in [-0.25, -0.2) is 17.8 Å². The van der Waals surface area contributed by atoms with Gasteiger partial charge in [0.15, 0.2) is 16.7 Å². The Morgan fingerprint density at radius 1 is 1.12 bits per heavy atom. The summed E-state index contributed by atoms with van der Waals surface area (Å²) in [5, 5.41) is 4.62. The van der Waals surface area contributed by atoms with E-state index in [1.165, 1.54) is 48.9 Å². The second-order valence-electron chi connectivity index (χ2n) is 7.22. The molecule has 180 valence electrons. The van der Waals surface area contributed by atoms with E-state index in [9.17, 15) is 17.6 Å². The number of hydrogen-bond acceptors (Lipinski definition) is 8. The Balaban J connectivity index is 1.56. The molecule has 1 aliphatic heterocycles. The van der Waals surface area contributed by atoms with Gasteiger partial charge in [-0.05, 0) is 36.4 Å². The molecule has 0 radical (unpaired) electrons. The molecule has 0 spiro atoms. The van der Waals surface area contributed by atoms with Crippen LogP contribution in [0.2, 0.25) is 0 Å².